The molecular weight excluding hydrogens is 432 g/mol. The lowest BCUT2D eigenvalue weighted by atomic mass is 9.92. The number of benzene rings is 3. The fourth-order valence-corrected chi connectivity index (χ4v) is 3.48. The summed E-state index contributed by atoms with van der Waals surface area (Å²) in [6, 6.07) is 15.2. The van der Waals surface area contributed by atoms with Gasteiger partial charge in [-0.25, -0.2) is 8.78 Å². The van der Waals surface area contributed by atoms with E-state index < -0.39 is 17.5 Å². The van der Waals surface area contributed by atoms with E-state index in [-0.39, 0.29) is 16.4 Å². The molecule has 1 amide bonds. The minimum atomic E-state index is -0.635. The van der Waals surface area contributed by atoms with Gasteiger partial charge in [-0.15, -0.1) is 0 Å². The second kappa shape index (κ2) is 8.78. The van der Waals surface area contributed by atoms with Gasteiger partial charge in [-0.3, -0.25) is 9.59 Å². The van der Waals surface area contributed by atoms with Gasteiger partial charge in [-0.05, 0) is 59.7 Å². The predicted molar refractivity (Wildman–Crippen MR) is 121 cm³/mol. The van der Waals surface area contributed by atoms with Crippen molar-refractivity contribution in [1.82, 2.24) is 0 Å². The third-order valence-corrected chi connectivity index (χ3v) is 5.38. The third kappa shape index (κ3) is 4.32. The summed E-state index contributed by atoms with van der Waals surface area (Å²) in [5, 5.41) is -0.0419. The van der Waals surface area contributed by atoms with E-state index in [1.807, 2.05) is 0 Å². The Hall–Kier alpha value is -3.75. The Morgan fingerprint density at radius 3 is 2.47 bits per heavy atom. The maximum atomic E-state index is 13.8. The minimum absolute atomic E-state index is 0.0419. The van der Waals surface area contributed by atoms with Crippen LogP contribution in [0.2, 0.25) is 5.02 Å². The van der Waals surface area contributed by atoms with E-state index in [0.29, 0.717) is 28.8 Å². The smallest absolute Gasteiger partial charge is 0.262 e. The lowest BCUT2D eigenvalue weighted by Crippen LogP contribution is -2.36. The van der Waals surface area contributed by atoms with Crippen LogP contribution in [-0.2, 0) is 11.2 Å². The van der Waals surface area contributed by atoms with Crippen molar-refractivity contribution < 1.29 is 18.4 Å². The first kappa shape index (κ1) is 21.5. The van der Waals surface area contributed by atoms with Crippen molar-refractivity contribution in [3.63, 3.8) is 0 Å². The van der Waals surface area contributed by atoms with Crippen molar-refractivity contribution >= 4 is 35.1 Å². The number of amides is 1. The van der Waals surface area contributed by atoms with Crippen LogP contribution >= 0.6 is 11.6 Å². The Kier molecular flexibility index (Phi) is 5.89. The number of carbonyl (C=O) groups excluding carboxylic acids is 2. The molecule has 0 N–H and O–H groups in total. The maximum Gasteiger partial charge on any atom is 0.262 e. The van der Waals surface area contributed by atoms with E-state index in [1.165, 1.54) is 41.3 Å². The lowest BCUT2D eigenvalue weighted by molar-refractivity contribution is -0.114. The number of nitrogens with zero attached hydrogens (tertiary/aromatic N) is 1. The number of carbonyl (C=O) groups is 2. The average molecular weight is 448 g/mol. The number of ketones is 1. The van der Waals surface area contributed by atoms with Gasteiger partial charge < -0.3 is 4.90 Å². The van der Waals surface area contributed by atoms with Crippen LogP contribution in [-0.4, -0.2) is 18.7 Å². The molecule has 3 nitrogen and oxygen atoms in total. The molecule has 0 saturated carbocycles. The van der Waals surface area contributed by atoms with Crippen LogP contribution in [0.15, 0.2) is 66.2 Å². The summed E-state index contributed by atoms with van der Waals surface area (Å²) in [4.78, 5) is 27.2. The van der Waals surface area contributed by atoms with Gasteiger partial charge in [0.15, 0.2) is 0 Å². The first-order valence-electron chi connectivity index (χ1n) is 9.70. The Balaban J connectivity index is 1.65. The molecule has 0 fully saturated rings. The molecule has 1 aliphatic heterocycles. The summed E-state index contributed by atoms with van der Waals surface area (Å²) in [7, 11) is 1.57. The highest BCUT2D eigenvalue weighted by molar-refractivity contribution is 6.36. The van der Waals surface area contributed by atoms with Crippen molar-refractivity contribution in [2.75, 3.05) is 11.9 Å². The van der Waals surface area contributed by atoms with Crippen molar-refractivity contribution in [2.24, 2.45) is 0 Å². The van der Waals surface area contributed by atoms with Gasteiger partial charge in [0.25, 0.3) is 5.91 Å². The molecule has 1 heterocycles. The van der Waals surface area contributed by atoms with E-state index in [4.69, 9.17) is 11.6 Å². The minimum Gasteiger partial charge on any atom is -0.311 e. The molecular formula is C26H16ClF2NO2. The maximum absolute atomic E-state index is 13.8. The molecule has 6 heteroatoms. The largest absolute Gasteiger partial charge is 0.311 e. The highest BCUT2D eigenvalue weighted by Gasteiger charge is 2.32. The molecule has 0 bridgehead atoms. The molecule has 3 aromatic rings. The molecule has 0 saturated heterocycles. The predicted octanol–water partition coefficient (Wildman–Crippen LogP) is 5.46. The van der Waals surface area contributed by atoms with Crippen LogP contribution < -0.4 is 4.90 Å². The molecule has 4 rings (SSSR count). The number of anilines is 1. The van der Waals surface area contributed by atoms with Gasteiger partial charge in [0.1, 0.15) is 11.6 Å². The summed E-state index contributed by atoms with van der Waals surface area (Å²) in [6.45, 7) is 0. The topological polar surface area (TPSA) is 37.4 Å². The molecule has 0 spiro atoms. The summed E-state index contributed by atoms with van der Waals surface area (Å²) in [6.07, 6.45) is 1.79. The number of fused-ring (bicyclic) bond motifs is 1. The van der Waals surface area contributed by atoms with Crippen LogP contribution in [0.1, 0.15) is 27.0 Å². The van der Waals surface area contributed by atoms with Crippen molar-refractivity contribution in [3.05, 3.63) is 105 Å². The number of Topliss-reactive ketones (excluding diaryl/α,β-unsaturated/α-hetero) is 1. The summed E-state index contributed by atoms with van der Waals surface area (Å²) >= 11 is 5.71. The Morgan fingerprint density at radius 1 is 1.00 bits per heavy atom. The highest BCUT2D eigenvalue weighted by Crippen LogP contribution is 2.31. The molecule has 3 aromatic carbocycles. The summed E-state index contributed by atoms with van der Waals surface area (Å²) in [5.41, 5.74) is 2.58. The fraction of sp³-hybridized carbons (Fsp3) is 0.0769. The first-order chi connectivity index (χ1) is 15.3. The van der Waals surface area contributed by atoms with E-state index >= 15 is 0 Å². The second-order valence-corrected chi connectivity index (χ2v) is 7.67. The molecule has 0 aliphatic carbocycles. The quantitative estimate of drug-likeness (QED) is 0.297. The average Bonchev–Trinajstić information content (AvgIpc) is 2.79. The van der Waals surface area contributed by atoms with Crippen LogP contribution in [0.5, 0.6) is 0 Å². The van der Waals surface area contributed by atoms with Gasteiger partial charge in [-0.2, -0.15) is 0 Å². The second-order valence-electron chi connectivity index (χ2n) is 7.26. The number of hydrogen-bond acceptors (Lipinski definition) is 2. The van der Waals surface area contributed by atoms with Gasteiger partial charge in [-0.1, -0.05) is 41.6 Å². The zero-order valence-electron chi connectivity index (χ0n) is 17.0. The zero-order chi connectivity index (χ0) is 22.8. The fourth-order valence-electron chi connectivity index (χ4n) is 3.37. The summed E-state index contributed by atoms with van der Waals surface area (Å²) in [5.74, 6) is 4.13. The van der Waals surface area contributed by atoms with Gasteiger partial charge >= 0.3 is 0 Å². The molecule has 0 radical (unpaired) electrons. The number of hydrogen-bond donors (Lipinski definition) is 0. The highest BCUT2D eigenvalue weighted by atomic mass is 35.5. The van der Waals surface area contributed by atoms with Crippen molar-refractivity contribution in [2.45, 2.75) is 6.42 Å². The summed E-state index contributed by atoms with van der Waals surface area (Å²) < 4.78 is 26.8. The first-order valence-corrected chi connectivity index (χ1v) is 10.1. The monoisotopic (exact) mass is 447 g/mol. The number of rotatable bonds is 2. The molecule has 1 aliphatic rings. The van der Waals surface area contributed by atoms with Gasteiger partial charge in [0.2, 0.25) is 5.78 Å². The third-order valence-electron chi connectivity index (χ3n) is 5.08. The molecule has 32 heavy (non-hydrogen) atoms. The number of likely N-dealkylation sites (N-methyl/N-ethyl adjacent to an activating group) is 1. The van der Waals surface area contributed by atoms with Crippen LogP contribution in [0.4, 0.5) is 14.5 Å². The zero-order valence-corrected chi connectivity index (χ0v) is 17.7. The van der Waals surface area contributed by atoms with Gasteiger partial charge in [0, 0.05) is 24.6 Å². The molecule has 0 atom stereocenters. The van der Waals surface area contributed by atoms with E-state index in [1.54, 1.807) is 37.4 Å². The number of halogens is 3. The standard InChI is InChI=1S/C26H16ClF2NO2/c1-30-24-12-8-17(4-2-3-16-5-9-19(28)10-6-16)13-20(24)25(31)21(26(30)32)14-18-7-11-22(27)23(29)15-18/h5-15H,3H2,1H3/b21-14-. The Bertz CT molecular complexity index is 1330. The van der Waals surface area contributed by atoms with E-state index in [9.17, 15) is 18.4 Å². The van der Waals surface area contributed by atoms with Crippen LogP contribution in [0.3, 0.4) is 0 Å². The van der Waals surface area contributed by atoms with Gasteiger partial charge in [0.05, 0.1) is 16.3 Å². The Morgan fingerprint density at radius 2 is 1.75 bits per heavy atom. The lowest BCUT2D eigenvalue weighted by Gasteiger charge is -2.26. The van der Waals surface area contributed by atoms with Crippen molar-refractivity contribution in [1.29, 1.82) is 0 Å². The SMILES string of the molecule is CN1C(=O)/C(=C\c2ccc(Cl)c(F)c2)C(=O)c2cc(C#CCc3ccc(F)cc3)ccc21. The Labute approximate surface area is 188 Å². The molecule has 0 unspecified atom stereocenters. The van der Waals surface area contributed by atoms with Crippen molar-refractivity contribution in [3.8, 4) is 11.8 Å². The van der Waals surface area contributed by atoms with Crippen LogP contribution in [0, 0.1) is 23.5 Å². The van der Waals surface area contributed by atoms with E-state index in [0.717, 1.165) is 5.56 Å². The normalized spacial score (nSPS) is 14.2. The molecule has 158 valence electrons. The molecule has 0 aromatic heterocycles. The van der Waals surface area contributed by atoms with E-state index in [2.05, 4.69) is 11.8 Å². The van der Waals surface area contributed by atoms with Crippen LogP contribution in [0.25, 0.3) is 6.08 Å².